The molecule has 0 aliphatic carbocycles. The van der Waals surface area contributed by atoms with E-state index in [4.69, 9.17) is 0 Å². The van der Waals surface area contributed by atoms with E-state index in [2.05, 4.69) is 20.5 Å². The Morgan fingerprint density at radius 1 is 1.16 bits per heavy atom. The zero-order valence-electron chi connectivity index (χ0n) is 18.8. The molecule has 1 amide bonds. The smallest absolute Gasteiger partial charge is 0.207 e. The quantitative estimate of drug-likeness (QED) is 0.340. The summed E-state index contributed by atoms with van der Waals surface area (Å²) in [5.74, 6) is -0.368. The minimum atomic E-state index is -0.368. The van der Waals surface area contributed by atoms with Gasteiger partial charge < -0.3 is 20.5 Å². The number of likely N-dealkylation sites (tertiary alicyclic amines) is 1. The van der Waals surface area contributed by atoms with Crippen LogP contribution in [0.1, 0.15) is 40.9 Å². The zero-order chi connectivity index (χ0) is 22.8. The van der Waals surface area contributed by atoms with Crippen LogP contribution in [0.25, 0.3) is 11.6 Å². The summed E-state index contributed by atoms with van der Waals surface area (Å²) >= 11 is 0. The molecule has 3 N–H and O–H groups in total. The van der Waals surface area contributed by atoms with E-state index in [-0.39, 0.29) is 5.82 Å². The van der Waals surface area contributed by atoms with Gasteiger partial charge in [-0.3, -0.25) is 9.59 Å². The summed E-state index contributed by atoms with van der Waals surface area (Å²) in [7, 11) is 1.74. The van der Waals surface area contributed by atoms with Crippen molar-refractivity contribution in [3.05, 3.63) is 52.1 Å². The van der Waals surface area contributed by atoms with E-state index in [0.717, 1.165) is 42.7 Å². The first kappa shape index (κ1) is 24.3. The van der Waals surface area contributed by atoms with Crippen LogP contribution >= 0.6 is 0 Å². The third-order valence-corrected chi connectivity index (χ3v) is 5.69. The van der Waals surface area contributed by atoms with Crippen LogP contribution in [0.2, 0.25) is 0 Å². The average molecular weight is 429 g/mol. The second-order valence-electron chi connectivity index (χ2n) is 7.69. The Labute approximate surface area is 183 Å². The maximum atomic E-state index is 13.5. The number of nitrogens with one attached hydrogen (secondary N) is 3. The zero-order valence-corrected chi connectivity index (χ0v) is 18.8. The SMILES string of the molecule is CNc1ccc(F)cc1/C(C=O)=C/c1[nH]c(C)c(C)c1C.O=CNCCN1CCCC1. The minimum Gasteiger partial charge on any atom is -0.388 e. The maximum Gasteiger partial charge on any atom is 0.207 e. The van der Waals surface area contributed by atoms with Crippen molar-refractivity contribution in [2.45, 2.75) is 33.6 Å². The van der Waals surface area contributed by atoms with Crippen molar-refractivity contribution >= 4 is 30.0 Å². The molecule has 0 unspecified atom stereocenters. The number of anilines is 1. The van der Waals surface area contributed by atoms with Crippen LogP contribution in [-0.2, 0) is 9.59 Å². The summed E-state index contributed by atoms with van der Waals surface area (Å²) in [6.07, 6.45) is 5.91. The molecule has 2 heterocycles. The van der Waals surface area contributed by atoms with Crippen molar-refractivity contribution in [3.8, 4) is 0 Å². The molecule has 1 saturated heterocycles. The average Bonchev–Trinajstić information content (AvgIpc) is 3.37. The highest BCUT2D eigenvalue weighted by atomic mass is 19.1. The fourth-order valence-corrected chi connectivity index (χ4v) is 3.61. The number of carbonyl (C=O) groups excluding carboxylic acids is 2. The van der Waals surface area contributed by atoms with E-state index in [9.17, 15) is 14.0 Å². The van der Waals surface area contributed by atoms with Gasteiger partial charge in [-0.25, -0.2) is 4.39 Å². The van der Waals surface area contributed by atoms with Crippen LogP contribution in [0.3, 0.4) is 0 Å². The molecule has 1 aromatic heterocycles. The van der Waals surface area contributed by atoms with Gasteiger partial charge in [-0.05, 0) is 82.1 Å². The van der Waals surface area contributed by atoms with Gasteiger partial charge in [-0.1, -0.05) is 0 Å². The molecule has 3 rings (SSSR count). The summed E-state index contributed by atoms with van der Waals surface area (Å²) < 4.78 is 13.5. The molecule has 168 valence electrons. The fraction of sp³-hybridized carbons (Fsp3) is 0.417. The van der Waals surface area contributed by atoms with E-state index in [1.165, 1.54) is 43.6 Å². The Hall–Kier alpha value is -2.93. The van der Waals surface area contributed by atoms with E-state index in [0.29, 0.717) is 16.8 Å². The molecule has 0 atom stereocenters. The van der Waals surface area contributed by atoms with Gasteiger partial charge in [0, 0.05) is 48.3 Å². The topological polar surface area (TPSA) is 77.2 Å². The normalized spacial score (nSPS) is 14.0. The summed E-state index contributed by atoms with van der Waals surface area (Å²) in [5.41, 5.74) is 5.90. The second kappa shape index (κ2) is 12.1. The number of hydrogen-bond donors (Lipinski definition) is 3. The fourth-order valence-electron chi connectivity index (χ4n) is 3.61. The Morgan fingerprint density at radius 2 is 1.87 bits per heavy atom. The van der Waals surface area contributed by atoms with Crippen molar-refractivity contribution in [3.63, 3.8) is 0 Å². The predicted octanol–water partition coefficient (Wildman–Crippen LogP) is 3.69. The van der Waals surface area contributed by atoms with Gasteiger partial charge in [0.25, 0.3) is 0 Å². The number of aldehydes is 1. The molecule has 0 saturated carbocycles. The molecule has 0 radical (unpaired) electrons. The summed E-state index contributed by atoms with van der Waals surface area (Å²) in [5, 5.41) is 5.63. The molecular formula is C24H33FN4O2. The van der Waals surface area contributed by atoms with Crippen LogP contribution < -0.4 is 10.6 Å². The summed E-state index contributed by atoms with van der Waals surface area (Å²) in [6.45, 7) is 10.2. The molecule has 2 aromatic rings. The lowest BCUT2D eigenvalue weighted by molar-refractivity contribution is -0.109. The minimum absolute atomic E-state index is 0.368. The van der Waals surface area contributed by atoms with Gasteiger partial charge in [-0.15, -0.1) is 0 Å². The number of rotatable bonds is 8. The molecule has 1 fully saturated rings. The van der Waals surface area contributed by atoms with E-state index >= 15 is 0 Å². The Kier molecular flexibility index (Phi) is 9.46. The lowest BCUT2D eigenvalue weighted by atomic mass is 10.0. The van der Waals surface area contributed by atoms with Crippen LogP contribution in [-0.4, -0.2) is 55.8 Å². The maximum absolute atomic E-state index is 13.5. The molecule has 1 aliphatic heterocycles. The van der Waals surface area contributed by atoms with Crippen LogP contribution in [0.5, 0.6) is 0 Å². The molecule has 1 aromatic carbocycles. The molecule has 0 spiro atoms. The van der Waals surface area contributed by atoms with Gasteiger partial charge in [0.1, 0.15) is 5.82 Å². The number of allylic oxidation sites excluding steroid dienone is 1. The highest BCUT2D eigenvalue weighted by Crippen LogP contribution is 2.27. The summed E-state index contributed by atoms with van der Waals surface area (Å²) in [6, 6.07) is 4.36. The number of H-pyrrole nitrogens is 1. The van der Waals surface area contributed by atoms with E-state index in [1.54, 1.807) is 19.2 Å². The second-order valence-corrected chi connectivity index (χ2v) is 7.69. The van der Waals surface area contributed by atoms with Gasteiger partial charge in [-0.2, -0.15) is 0 Å². The monoisotopic (exact) mass is 428 g/mol. The van der Waals surface area contributed by atoms with Crippen molar-refractivity contribution in [2.75, 3.05) is 38.5 Å². The third-order valence-electron chi connectivity index (χ3n) is 5.69. The number of halogens is 1. The number of benzene rings is 1. The van der Waals surface area contributed by atoms with Gasteiger partial charge in [0.2, 0.25) is 6.41 Å². The van der Waals surface area contributed by atoms with Crippen molar-refractivity contribution < 1.29 is 14.0 Å². The predicted molar refractivity (Wildman–Crippen MR) is 125 cm³/mol. The van der Waals surface area contributed by atoms with Gasteiger partial charge >= 0.3 is 0 Å². The highest BCUT2D eigenvalue weighted by Gasteiger charge is 2.11. The first-order valence-electron chi connectivity index (χ1n) is 10.6. The largest absolute Gasteiger partial charge is 0.388 e. The third kappa shape index (κ3) is 6.79. The number of aryl methyl sites for hydroxylation is 1. The van der Waals surface area contributed by atoms with E-state index in [1.807, 2.05) is 20.8 Å². The van der Waals surface area contributed by atoms with E-state index < -0.39 is 0 Å². The van der Waals surface area contributed by atoms with Gasteiger partial charge in [0.05, 0.1) is 0 Å². The Morgan fingerprint density at radius 3 is 2.42 bits per heavy atom. The Bertz CT molecular complexity index is 915. The number of aromatic nitrogens is 1. The number of amides is 1. The molecule has 6 nitrogen and oxygen atoms in total. The van der Waals surface area contributed by atoms with Crippen LogP contribution in [0.15, 0.2) is 18.2 Å². The van der Waals surface area contributed by atoms with Crippen molar-refractivity contribution in [1.82, 2.24) is 15.2 Å². The lowest BCUT2D eigenvalue weighted by Crippen LogP contribution is -2.29. The lowest BCUT2D eigenvalue weighted by Gasteiger charge is -2.12. The van der Waals surface area contributed by atoms with Crippen LogP contribution in [0.4, 0.5) is 10.1 Å². The molecule has 0 bridgehead atoms. The highest BCUT2D eigenvalue weighted by molar-refractivity contribution is 6.15. The van der Waals surface area contributed by atoms with Crippen molar-refractivity contribution in [1.29, 1.82) is 0 Å². The first-order chi connectivity index (χ1) is 14.9. The molecule has 7 heteroatoms. The molecule has 31 heavy (non-hydrogen) atoms. The summed E-state index contributed by atoms with van der Waals surface area (Å²) in [4.78, 5) is 26.9. The first-order valence-corrected chi connectivity index (χ1v) is 10.6. The van der Waals surface area contributed by atoms with Crippen molar-refractivity contribution in [2.24, 2.45) is 0 Å². The number of nitrogens with zero attached hydrogens (tertiary/aromatic N) is 1. The molecule has 1 aliphatic rings. The van der Waals surface area contributed by atoms with Crippen LogP contribution in [0, 0.1) is 26.6 Å². The number of carbonyl (C=O) groups is 2. The standard InChI is InChI=1S/C17H19FN2O.C7H14N2O/c1-10-11(2)17(20-12(10)3)7-13(9-21)15-8-14(18)5-6-16(15)19-4;10-7-8-3-6-9-4-1-2-5-9/h5-9,19-20H,1-4H3;7H,1-6H2,(H,8,10)/b13-7+;. The molecular weight excluding hydrogens is 395 g/mol. The Balaban J connectivity index is 0.000000285. The number of aromatic amines is 1. The number of hydrogen-bond acceptors (Lipinski definition) is 4. The van der Waals surface area contributed by atoms with Gasteiger partial charge in [0.15, 0.2) is 6.29 Å².